The van der Waals surface area contributed by atoms with Gasteiger partial charge in [0, 0.05) is 11.5 Å². The van der Waals surface area contributed by atoms with Crippen molar-refractivity contribution < 1.29 is 0 Å². The van der Waals surface area contributed by atoms with Crippen LogP contribution in [0.1, 0.15) is 25.7 Å². The monoisotopic (exact) mass is 284 g/mol. The van der Waals surface area contributed by atoms with Gasteiger partial charge >= 0.3 is 0 Å². The van der Waals surface area contributed by atoms with E-state index in [0.717, 1.165) is 21.8 Å². The van der Waals surface area contributed by atoms with Gasteiger partial charge in [-0.2, -0.15) is 10.2 Å². The SMILES string of the molecule is c1n[nH]c(SCCCCCCSc2ncn[nH]2)n1. The van der Waals surface area contributed by atoms with Gasteiger partial charge in [-0.25, -0.2) is 9.97 Å². The number of rotatable bonds is 9. The van der Waals surface area contributed by atoms with Crippen molar-refractivity contribution in [3.05, 3.63) is 12.7 Å². The summed E-state index contributed by atoms with van der Waals surface area (Å²) in [6.45, 7) is 0. The normalized spacial score (nSPS) is 10.9. The maximum absolute atomic E-state index is 4.07. The third-order valence-corrected chi connectivity index (χ3v) is 4.23. The Bertz CT molecular complexity index is 362. The van der Waals surface area contributed by atoms with Gasteiger partial charge in [-0.1, -0.05) is 36.4 Å². The zero-order valence-electron chi connectivity index (χ0n) is 10.0. The molecule has 0 bridgehead atoms. The fourth-order valence-corrected chi connectivity index (χ4v) is 2.98. The average Bonchev–Trinajstić information content (AvgIpc) is 3.05. The highest BCUT2D eigenvalue weighted by Crippen LogP contribution is 2.16. The van der Waals surface area contributed by atoms with Gasteiger partial charge in [-0.05, 0) is 12.8 Å². The summed E-state index contributed by atoms with van der Waals surface area (Å²) in [5.74, 6) is 2.20. The van der Waals surface area contributed by atoms with Crippen LogP contribution in [0, 0.1) is 0 Å². The van der Waals surface area contributed by atoms with Crippen LogP contribution < -0.4 is 0 Å². The largest absolute Gasteiger partial charge is 0.254 e. The molecule has 2 rings (SSSR count). The van der Waals surface area contributed by atoms with E-state index in [0.29, 0.717) is 0 Å². The summed E-state index contributed by atoms with van der Waals surface area (Å²) in [4.78, 5) is 8.14. The molecule has 0 atom stereocenters. The molecular weight excluding hydrogens is 268 g/mol. The van der Waals surface area contributed by atoms with E-state index in [1.54, 1.807) is 36.2 Å². The molecule has 6 nitrogen and oxygen atoms in total. The Morgan fingerprint density at radius 2 is 1.28 bits per heavy atom. The number of hydrogen-bond acceptors (Lipinski definition) is 6. The number of nitrogens with zero attached hydrogens (tertiary/aromatic N) is 4. The molecule has 0 aliphatic carbocycles. The molecule has 0 aliphatic heterocycles. The van der Waals surface area contributed by atoms with Gasteiger partial charge in [-0.15, -0.1) is 0 Å². The quantitative estimate of drug-likeness (QED) is 0.543. The highest BCUT2D eigenvalue weighted by atomic mass is 32.2. The topological polar surface area (TPSA) is 83.1 Å². The minimum absolute atomic E-state index is 0.913. The summed E-state index contributed by atoms with van der Waals surface area (Å²) >= 11 is 3.46. The summed E-state index contributed by atoms with van der Waals surface area (Å²) in [6, 6.07) is 0. The molecule has 0 amide bonds. The van der Waals surface area contributed by atoms with Crippen molar-refractivity contribution in [2.75, 3.05) is 11.5 Å². The van der Waals surface area contributed by atoms with Gasteiger partial charge in [0.05, 0.1) is 0 Å². The molecule has 0 saturated heterocycles. The molecule has 2 aromatic rings. The number of unbranched alkanes of at least 4 members (excludes halogenated alkanes) is 3. The van der Waals surface area contributed by atoms with Crippen LogP contribution in [0.15, 0.2) is 23.0 Å². The van der Waals surface area contributed by atoms with Gasteiger partial charge in [0.2, 0.25) is 0 Å². The molecule has 0 radical (unpaired) electrons. The molecule has 0 saturated carbocycles. The van der Waals surface area contributed by atoms with Crippen molar-refractivity contribution in [3.8, 4) is 0 Å². The minimum Gasteiger partial charge on any atom is -0.254 e. The fourth-order valence-electron chi connectivity index (χ4n) is 1.42. The van der Waals surface area contributed by atoms with Gasteiger partial charge in [0.15, 0.2) is 10.3 Å². The molecule has 8 heteroatoms. The van der Waals surface area contributed by atoms with E-state index in [1.165, 1.54) is 25.7 Å². The molecule has 2 aromatic heterocycles. The van der Waals surface area contributed by atoms with E-state index in [4.69, 9.17) is 0 Å². The Hall–Kier alpha value is -1.02. The van der Waals surface area contributed by atoms with Crippen molar-refractivity contribution in [1.82, 2.24) is 30.4 Å². The third-order valence-electron chi connectivity index (χ3n) is 2.30. The second-order valence-electron chi connectivity index (χ2n) is 3.69. The number of hydrogen-bond donors (Lipinski definition) is 2. The molecule has 2 heterocycles. The summed E-state index contributed by atoms with van der Waals surface area (Å²) in [6.07, 6.45) is 8.05. The van der Waals surface area contributed by atoms with Crippen LogP contribution >= 0.6 is 23.5 Å². The summed E-state index contributed by atoms with van der Waals surface area (Å²) in [7, 11) is 0. The van der Waals surface area contributed by atoms with Crippen LogP contribution in [0.25, 0.3) is 0 Å². The van der Waals surface area contributed by atoms with Crippen LogP contribution in [0.4, 0.5) is 0 Å². The summed E-state index contributed by atoms with van der Waals surface area (Å²) in [5, 5.41) is 15.1. The lowest BCUT2D eigenvalue weighted by atomic mass is 10.2. The predicted octanol–water partition coefficient (Wildman–Crippen LogP) is 2.37. The smallest absolute Gasteiger partial charge is 0.183 e. The van der Waals surface area contributed by atoms with Crippen LogP contribution in [-0.2, 0) is 0 Å². The Kier molecular flexibility index (Phi) is 6.07. The third kappa shape index (κ3) is 5.09. The molecule has 0 unspecified atom stereocenters. The molecule has 2 N–H and O–H groups in total. The van der Waals surface area contributed by atoms with Gasteiger partial charge in [-0.3, -0.25) is 10.2 Å². The van der Waals surface area contributed by atoms with Crippen molar-refractivity contribution in [1.29, 1.82) is 0 Å². The highest BCUT2D eigenvalue weighted by Gasteiger charge is 1.98. The Labute approximate surface area is 114 Å². The van der Waals surface area contributed by atoms with Crippen LogP contribution in [0.2, 0.25) is 0 Å². The van der Waals surface area contributed by atoms with Crippen LogP contribution in [0.5, 0.6) is 0 Å². The lowest BCUT2D eigenvalue weighted by Crippen LogP contribution is -1.86. The Balaban J connectivity index is 1.40. The van der Waals surface area contributed by atoms with Crippen molar-refractivity contribution in [3.63, 3.8) is 0 Å². The number of nitrogens with one attached hydrogen (secondary N) is 2. The average molecular weight is 284 g/mol. The van der Waals surface area contributed by atoms with E-state index in [9.17, 15) is 0 Å². The Morgan fingerprint density at radius 3 is 1.67 bits per heavy atom. The summed E-state index contributed by atoms with van der Waals surface area (Å²) in [5.41, 5.74) is 0. The fraction of sp³-hybridized carbons (Fsp3) is 0.600. The first-order chi connectivity index (χ1) is 8.95. The van der Waals surface area contributed by atoms with Crippen LogP contribution in [0.3, 0.4) is 0 Å². The second-order valence-corrected chi connectivity index (χ2v) is 5.86. The van der Waals surface area contributed by atoms with Gasteiger partial charge < -0.3 is 0 Å². The standard InChI is InChI=1S/C10H16N6S2/c1(3-5-17-9-11-7-13-15-9)2-4-6-18-10-12-8-14-16-10/h7-8H,1-6H2,(H,11,13,15)(H,12,14,16). The van der Waals surface area contributed by atoms with Gasteiger partial charge in [0.25, 0.3) is 0 Å². The first-order valence-corrected chi connectivity index (χ1v) is 7.88. The maximum Gasteiger partial charge on any atom is 0.183 e. The number of H-pyrrole nitrogens is 2. The van der Waals surface area contributed by atoms with Gasteiger partial charge in [0.1, 0.15) is 12.7 Å². The lowest BCUT2D eigenvalue weighted by Gasteiger charge is -1.99. The Morgan fingerprint density at radius 1 is 0.778 bits per heavy atom. The zero-order valence-corrected chi connectivity index (χ0v) is 11.6. The second kappa shape index (κ2) is 8.15. The maximum atomic E-state index is 4.07. The molecular formula is C10H16N6S2. The zero-order chi connectivity index (χ0) is 12.5. The minimum atomic E-state index is 0.913. The number of aromatic amines is 2. The molecule has 98 valence electrons. The first-order valence-electron chi connectivity index (χ1n) is 5.91. The van der Waals surface area contributed by atoms with Crippen molar-refractivity contribution in [2.45, 2.75) is 36.0 Å². The van der Waals surface area contributed by atoms with Crippen LogP contribution in [-0.4, -0.2) is 41.9 Å². The molecule has 0 aromatic carbocycles. The number of aromatic nitrogens is 6. The molecule has 18 heavy (non-hydrogen) atoms. The summed E-state index contributed by atoms with van der Waals surface area (Å²) < 4.78 is 0. The highest BCUT2D eigenvalue weighted by molar-refractivity contribution is 7.99. The predicted molar refractivity (Wildman–Crippen MR) is 72.7 cm³/mol. The van der Waals surface area contributed by atoms with E-state index in [2.05, 4.69) is 30.4 Å². The van der Waals surface area contributed by atoms with Crippen molar-refractivity contribution in [2.24, 2.45) is 0 Å². The van der Waals surface area contributed by atoms with E-state index < -0.39 is 0 Å². The molecule has 0 aliphatic rings. The lowest BCUT2D eigenvalue weighted by molar-refractivity contribution is 0.710. The van der Waals surface area contributed by atoms with E-state index in [1.807, 2.05) is 0 Å². The van der Waals surface area contributed by atoms with E-state index >= 15 is 0 Å². The van der Waals surface area contributed by atoms with Crippen molar-refractivity contribution >= 4 is 23.5 Å². The molecule has 0 fully saturated rings. The first kappa shape index (κ1) is 13.4. The molecule has 0 spiro atoms. The number of thioether (sulfide) groups is 2. The van der Waals surface area contributed by atoms with E-state index in [-0.39, 0.29) is 0 Å².